The number of aliphatic hydroxyl groups is 1. The first kappa shape index (κ1) is 15.7. The molecular formula is C13H23N3O3. The number of hydrogen-bond acceptors (Lipinski definition) is 5. The van der Waals surface area contributed by atoms with Gasteiger partial charge in [0.15, 0.2) is 5.75 Å². The lowest BCUT2D eigenvalue weighted by Crippen LogP contribution is -2.27. The topological polar surface area (TPSA) is 68.9 Å². The smallest absolute Gasteiger partial charge is 0.223 e. The van der Waals surface area contributed by atoms with E-state index >= 15 is 0 Å². The van der Waals surface area contributed by atoms with Crippen molar-refractivity contribution in [3.8, 4) is 5.75 Å². The van der Waals surface area contributed by atoms with E-state index in [2.05, 4.69) is 0 Å². The molecule has 0 radical (unpaired) electrons. The average Bonchev–Trinajstić information content (AvgIpc) is 2.32. The number of aliphatic hydroxyl groups excluding tert-OH is 1. The van der Waals surface area contributed by atoms with Gasteiger partial charge in [0.2, 0.25) is 5.43 Å². The summed E-state index contributed by atoms with van der Waals surface area (Å²) in [6.45, 7) is 1.60. The van der Waals surface area contributed by atoms with Gasteiger partial charge >= 0.3 is 0 Å². The molecule has 1 rings (SSSR count). The highest BCUT2D eigenvalue weighted by atomic mass is 16.3. The maximum Gasteiger partial charge on any atom is 0.223 e. The Morgan fingerprint density at radius 1 is 1.21 bits per heavy atom. The standard InChI is InChI=1S/C13H23N3O3/c1-14(2)5-6-16-10(9-17)7-12(18)13(19)11(16)8-15(3)4/h7,17,19H,5-6,8-9H2,1-4H3. The van der Waals surface area contributed by atoms with E-state index in [0.29, 0.717) is 24.5 Å². The van der Waals surface area contributed by atoms with Crippen LogP contribution in [0.2, 0.25) is 0 Å². The summed E-state index contributed by atoms with van der Waals surface area (Å²) in [4.78, 5) is 15.6. The molecule has 0 unspecified atom stereocenters. The fourth-order valence-electron chi connectivity index (χ4n) is 1.91. The lowest BCUT2D eigenvalue weighted by molar-refractivity contribution is 0.260. The molecule has 0 aromatic carbocycles. The molecule has 0 aliphatic rings. The molecule has 0 aliphatic carbocycles. The van der Waals surface area contributed by atoms with Crippen molar-refractivity contribution < 1.29 is 10.2 Å². The highest BCUT2D eigenvalue weighted by Crippen LogP contribution is 2.16. The number of likely N-dealkylation sites (N-methyl/N-ethyl adjacent to an activating group) is 1. The third-order valence-electron chi connectivity index (χ3n) is 2.88. The summed E-state index contributed by atoms with van der Waals surface area (Å²) in [6.07, 6.45) is 0. The largest absolute Gasteiger partial charge is 0.503 e. The molecule has 0 aliphatic heterocycles. The quantitative estimate of drug-likeness (QED) is 0.740. The van der Waals surface area contributed by atoms with E-state index in [0.717, 1.165) is 6.54 Å². The van der Waals surface area contributed by atoms with E-state index in [1.807, 2.05) is 42.6 Å². The van der Waals surface area contributed by atoms with Crippen LogP contribution in [0.3, 0.4) is 0 Å². The number of aromatic hydroxyl groups is 1. The number of rotatable bonds is 6. The minimum atomic E-state index is -0.443. The first-order valence-electron chi connectivity index (χ1n) is 6.21. The van der Waals surface area contributed by atoms with E-state index in [9.17, 15) is 15.0 Å². The normalized spacial score (nSPS) is 11.5. The van der Waals surface area contributed by atoms with Crippen LogP contribution >= 0.6 is 0 Å². The summed E-state index contributed by atoms with van der Waals surface area (Å²) in [6, 6.07) is 1.30. The molecular weight excluding hydrogens is 246 g/mol. The Kier molecular flexibility index (Phi) is 5.53. The van der Waals surface area contributed by atoms with Crippen LogP contribution in [0.5, 0.6) is 5.75 Å². The lowest BCUT2D eigenvalue weighted by atomic mass is 10.2. The second-order valence-corrected chi connectivity index (χ2v) is 5.15. The van der Waals surface area contributed by atoms with Crippen molar-refractivity contribution in [3.05, 3.63) is 27.7 Å². The van der Waals surface area contributed by atoms with E-state index in [-0.39, 0.29) is 12.4 Å². The monoisotopic (exact) mass is 269 g/mol. The summed E-state index contributed by atoms with van der Waals surface area (Å²) in [5, 5.41) is 19.3. The lowest BCUT2D eigenvalue weighted by Gasteiger charge is -2.22. The first-order valence-corrected chi connectivity index (χ1v) is 6.21. The van der Waals surface area contributed by atoms with Crippen LogP contribution < -0.4 is 5.43 Å². The van der Waals surface area contributed by atoms with Crippen LogP contribution in [-0.4, -0.2) is 59.3 Å². The fourth-order valence-corrected chi connectivity index (χ4v) is 1.91. The molecule has 0 spiro atoms. The van der Waals surface area contributed by atoms with Crippen LogP contribution in [0.25, 0.3) is 0 Å². The van der Waals surface area contributed by atoms with Gasteiger partial charge in [-0.05, 0) is 28.2 Å². The molecule has 0 amide bonds. The molecule has 108 valence electrons. The maximum absolute atomic E-state index is 11.7. The van der Waals surface area contributed by atoms with Gasteiger partial charge in [0.25, 0.3) is 0 Å². The molecule has 0 fully saturated rings. The number of hydrogen-bond donors (Lipinski definition) is 2. The zero-order chi connectivity index (χ0) is 14.6. The number of aromatic nitrogens is 1. The number of pyridine rings is 1. The molecule has 0 saturated carbocycles. The van der Waals surface area contributed by atoms with E-state index in [1.54, 1.807) is 0 Å². The van der Waals surface area contributed by atoms with Crippen LogP contribution in [-0.2, 0) is 19.7 Å². The molecule has 0 bridgehead atoms. The van der Waals surface area contributed by atoms with Crippen LogP contribution in [0, 0.1) is 0 Å². The third-order valence-corrected chi connectivity index (χ3v) is 2.88. The predicted molar refractivity (Wildman–Crippen MR) is 74.2 cm³/mol. The zero-order valence-corrected chi connectivity index (χ0v) is 12.1. The van der Waals surface area contributed by atoms with Crippen molar-refractivity contribution in [2.75, 3.05) is 34.7 Å². The van der Waals surface area contributed by atoms with E-state index in [4.69, 9.17) is 0 Å². The second-order valence-electron chi connectivity index (χ2n) is 5.15. The molecule has 1 aromatic rings. The van der Waals surface area contributed by atoms with Crippen molar-refractivity contribution in [2.45, 2.75) is 19.7 Å². The first-order chi connectivity index (χ1) is 8.86. The zero-order valence-electron chi connectivity index (χ0n) is 12.1. The van der Waals surface area contributed by atoms with Gasteiger partial charge in [-0.3, -0.25) is 4.79 Å². The Bertz CT molecular complexity index is 481. The Morgan fingerprint density at radius 3 is 2.32 bits per heavy atom. The van der Waals surface area contributed by atoms with Gasteiger partial charge in [0.1, 0.15) is 0 Å². The van der Waals surface area contributed by atoms with Crippen molar-refractivity contribution in [2.24, 2.45) is 0 Å². The molecule has 6 heteroatoms. The Hall–Kier alpha value is -1.37. The molecule has 6 nitrogen and oxygen atoms in total. The van der Waals surface area contributed by atoms with Crippen molar-refractivity contribution in [3.63, 3.8) is 0 Å². The Labute approximate surface area is 113 Å². The van der Waals surface area contributed by atoms with Crippen LogP contribution in [0.4, 0.5) is 0 Å². The SMILES string of the molecule is CN(C)CCn1c(CO)cc(=O)c(O)c1CN(C)C. The van der Waals surface area contributed by atoms with Crippen LogP contribution in [0.1, 0.15) is 11.4 Å². The summed E-state index contributed by atoms with van der Waals surface area (Å²) in [7, 11) is 7.64. The molecule has 19 heavy (non-hydrogen) atoms. The predicted octanol–water partition coefficient (Wildman–Crippen LogP) is -0.331. The molecule has 1 aromatic heterocycles. The molecule has 0 atom stereocenters. The minimum absolute atomic E-state index is 0.219. The van der Waals surface area contributed by atoms with E-state index < -0.39 is 5.43 Å². The summed E-state index contributed by atoms with van der Waals surface area (Å²) in [5.74, 6) is -0.232. The molecule has 0 saturated heterocycles. The van der Waals surface area contributed by atoms with Gasteiger partial charge in [0.05, 0.1) is 12.3 Å². The molecule has 1 heterocycles. The van der Waals surface area contributed by atoms with Gasteiger partial charge in [-0.25, -0.2) is 0 Å². The highest BCUT2D eigenvalue weighted by molar-refractivity contribution is 5.30. The van der Waals surface area contributed by atoms with Gasteiger partial charge in [0, 0.05) is 31.4 Å². The minimum Gasteiger partial charge on any atom is -0.503 e. The molecule has 2 N–H and O–H groups in total. The van der Waals surface area contributed by atoms with Gasteiger partial charge in [-0.2, -0.15) is 0 Å². The average molecular weight is 269 g/mol. The van der Waals surface area contributed by atoms with Gasteiger partial charge in [-0.1, -0.05) is 0 Å². The van der Waals surface area contributed by atoms with Gasteiger partial charge in [-0.15, -0.1) is 0 Å². The van der Waals surface area contributed by atoms with Crippen molar-refractivity contribution in [1.82, 2.24) is 14.4 Å². The third kappa shape index (κ3) is 4.05. The Morgan fingerprint density at radius 2 is 1.84 bits per heavy atom. The highest BCUT2D eigenvalue weighted by Gasteiger charge is 2.15. The summed E-state index contributed by atoms with van der Waals surface area (Å²) in [5.41, 5.74) is 0.631. The fraction of sp³-hybridized carbons (Fsp3) is 0.615. The Balaban J connectivity index is 3.28. The van der Waals surface area contributed by atoms with Crippen LogP contribution in [0.15, 0.2) is 10.9 Å². The van der Waals surface area contributed by atoms with Crippen molar-refractivity contribution >= 4 is 0 Å². The van der Waals surface area contributed by atoms with Gasteiger partial charge < -0.3 is 24.6 Å². The number of nitrogens with zero attached hydrogens (tertiary/aromatic N) is 3. The van der Waals surface area contributed by atoms with E-state index in [1.165, 1.54) is 6.07 Å². The maximum atomic E-state index is 11.7. The van der Waals surface area contributed by atoms with Crippen molar-refractivity contribution in [1.29, 1.82) is 0 Å². The summed E-state index contributed by atoms with van der Waals surface area (Å²) >= 11 is 0. The summed E-state index contributed by atoms with van der Waals surface area (Å²) < 4.78 is 1.82. The second kappa shape index (κ2) is 6.70.